The lowest BCUT2D eigenvalue weighted by atomic mass is 10.1. The molecule has 0 atom stereocenters. The van der Waals surface area contributed by atoms with Crippen LogP contribution in [0.25, 0.3) is 10.2 Å². The normalized spacial score (nSPS) is 10.5. The number of anilines is 1. The summed E-state index contributed by atoms with van der Waals surface area (Å²) in [5, 5.41) is 3.29. The first-order valence-electron chi connectivity index (χ1n) is 7.65. The topological polar surface area (TPSA) is 78.9 Å². The Hall–Kier alpha value is -3.00. The number of carbonyl (C=O) groups is 1. The van der Waals surface area contributed by atoms with Gasteiger partial charge in [0.05, 0.1) is 38.7 Å². The first kappa shape index (κ1) is 17.8. The van der Waals surface area contributed by atoms with Crippen LogP contribution in [0.1, 0.15) is 10.4 Å². The zero-order chi connectivity index (χ0) is 18.7. The monoisotopic (exact) mass is 374 g/mol. The minimum atomic E-state index is -0.324. The molecule has 2 aromatic carbocycles. The quantitative estimate of drug-likeness (QED) is 0.710. The van der Waals surface area contributed by atoms with Crippen molar-refractivity contribution in [2.24, 2.45) is 0 Å². The number of nitrogens with zero attached hydrogens (tertiary/aromatic N) is 1. The molecule has 7 nitrogen and oxygen atoms in total. The van der Waals surface area contributed by atoms with Crippen LogP contribution in [0.15, 0.2) is 30.3 Å². The number of carbonyl (C=O) groups excluding carboxylic acids is 1. The van der Waals surface area contributed by atoms with E-state index in [1.807, 2.05) is 18.2 Å². The molecule has 0 fully saturated rings. The van der Waals surface area contributed by atoms with Gasteiger partial charge in [-0.2, -0.15) is 0 Å². The molecule has 1 aromatic heterocycles. The number of fused-ring (bicyclic) bond motifs is 1. The molecular formula is C18H18N2O5S. The fraction of sp³-hybridized carbons (Fsp3) is 0.222. The molecule has 0 aliphatic rings. The number of amides is 1. The lowest BCUT2D eigenvalue weighted by molar-refractivity contribution is 0.102. The van der Waals surface area contributed by atoms with Gasteiger partial charge in [0.1, 0.15) is 5.75 Å². The van der Waals surface area contributed by atoms with Crippen LogP contribution in [0.4, 0.5) is 5.13 Å². The molecular weight excluding hydrogens is 356 g/mol. The standard InChI is InChI=1S/C18H18N2O5S/c1-22-11-5-6-12-15(9-11)26-18(19-12)20-17(21)10-7-13(23-2)16(25-4)14(8-10)24-3/h5-9H,1-4H3,(H,19,20,21). The van der Waals surface area contributed by atoms with Crippen molar-refractivity contribution < 1.29 is 23.7 Å². The molecule has 1 heterocycles. The highest BCUT2D eigenvalue weighted by atomic mass is 32.1. The van der Waals surface area contributed by atoms with Gasteiger partial charge in [-0.1, -0.05) is 11.3 Å². The number of rotatable bonds is 6. The van der Waals surface area contributed by atoms with Gasteiger partial charge in [0, 0.05) is 5.56 Å². The van der Waals surface area contributed by atoms with Crippen molar-refractivity contribution >= 4 is 32.6 Å². The lowest BCUT2D eigenvalue weighted by Crippen LogP contribution is -2.12. The fourth-order valence-corrected chi connectivity index (χ4v) is 3.36. The fourth-order valence-electron chi connectivity index (χ4n) is 2.47. The van der Waals surface area contributed by atoms with E-state index in [2.05, 4.69) is 10.3 Å². The van der Waals surface area contributed by atoms with Crippen LogP contribution >= 0.6 is 11.3 Å². The van der Waals surface area contributed by atoms with E-state index >= 15 is 0 Å². The maximum absolute atomic E-state index is 12.6. The zero-order valence-electron chi connectivity index (χ0n) is 14.8. The Bertz CT molecular complexity index is 929. The predicted octanol–water partition coefficient (Wildman–Crippen LogP) is 3.58. The van der Waals surface area contributed by atoms with Crippen LogP contribution in [0.2, 0.25) is 0 Å². The number of benzene rings is 2. The third-order valence-electron chi connectivity index (χ3n) is 3.74. The van der Waals surface area contributed by atoms with Gasteiger partial charge in [0.15, 0.2) is 16.6 Å². The summed E-state index contributed by atoms with van der Waals surface area (Å²) in [6, 6.07) is 8.73. The van der Waals surface area contributed by atoms with Crippen molar-refractivity contribution in [2.45, 2.75) is 0 Å². The van der Waals surface area contributed by atoms with Gasteiger partial charge in [0.2, 0.25) is 5.75 Å². The van der Waals surface area contributed by atoms with Gasteiger partial charge >= 0.3 is 0 Å². The highest BCUT2D eigenvalue weighted by Crippen LogP contribution is 2.38. The third-order valence-corrected chi connectivity index (χ3v) is 4.68. The highest BCUT2D eigenvalue weighted by Gasteiger charge is 2.18. The van der Waals surface area contributed by atoms with Crippen LogP contribution in [0.3, 0.4) is 0 Å². The number of hydrogen-bond donors (Lipinski definition) is 1. The second kappa shape index (κ2) is 7.49. The molecule has 0 aliphatic carbocycles. The molecule has 136 valence electrons. The SMILES string of the molecule is COc1ccc2nc(NC(=O)c3cc(OC)c(OC)c(OC)c3)sc2c1. The Labute approximate surface area is 154 Å². The number of aromatic nitrogens is 1. The van der Waals surface area contributed by atoms with Crippen LogP contribution in [0.5, 0.6) is 23.0 Å². The van der Waals surface area contributed by atoms with E-state index in [4.69, 9.17) is 18.9 Å². The van der Waals surface area contributed by atoms with Gasteiger partial charge in [0.25, 0.3) is 5.91 Å². The number of ether oxygens (including phenoxy) is 4. The molecule has 8 heteroatoms. The van der Waals surface area contributed by atoms with E-state index in [0.717, 1.165) is 16.0 Å². The Morgan fingerprint density at radius 3 is 2.23 bits per heavy atom. The first-order chi connectivity index (χ1) is 12.6. The summed E-state index contributed by atoms with van der Waals surface area (Å²) in [6.45, 7) is 0. The molecule has 0 unspecified atom stereocenters. The summed E-state index contributed by atoms with van der Waals surface area (Å²) in [5.74, 6) is 1.66. The maximum Gasteiger partial charge on any atom is 0.257 e. The number of nitrogens with one attached hydrogen (secondary N) is 1. The molecule has 3 aromatic rings. The molecule has 0 saturated heterocycles. The largest absolute Gasteiger partial charge is 0.497 e. The van der Waals surface area contributed by atoms with E-state index < -0.39 is 0 Å². The van der Waals surface area contributed by atoms with Gasteiger partial charge in [-0.05, 0) is 30.3 Å². The van der Waals surface area contributed by atoms with Crippen LogP contribution in [-0.4, -0.2) is 39.3 Å². The highest BCUT2D eigenvalue weighted by molar-refractivity contribution is 7.22. The molecule has 1 N–H and O–H groups in total. The Morgan fingerprint density at radius 1 is 0.962 bits per heavy atom. The third kappa shape index (κ3) is 3.36. The minimum Gasteiger partial charge on any atom is -0.497 e. The number of methoxy groups -OCH3 is 4. The van der Waals surface area contributed by atoms with Crippen molar-refractivity contribution in [3.05, 3.63) is 35.9 Å². The van der Waals surface area contributed by atoms with Crippen molar-refractivity contribution in [1.29, 1.82) is 0 Å². The van der Waals surface area contributed by atoms with Crippen LogP contribution < -0.4 is 24.3 Å². The summed E-state index contributed by atoms with van der Waals surface area (Å²) in [5.41, 5.74) is 1.16. The first-order valence-corrected chi connectivity index (χ1v) is 8.47. The smallest absolute Gasteiger partial charge is 0.257 e. The summed E-state index contributed by atoms with van der Waals surface area (Å²) >= 11 is 1.37. The summed E-state index contributed by atoms with van der Waals surface area (Å²) in [6.07, 6.45) is 0. The lowest BCUT2D eigenvalue weighted by Gasteiger charge is -2.13. The van der Waals surface area contributed by atoms with E-state index in [1.54, 1.807) is 19.2 Å². The average molecular weight is 374 g/mol. The zero-order valence-corrected chi connectivity index (χ0v) is 15.6. The van der Waals surface area contributed by atoms with Crippen molar-refractivity contribution in [2.75, 3.05) is 33.8 Å². The van der Waals surface area contributed by atoms with E-state index in [0.29, 0.717) is 27.9 Å². The second-order valence-electron chi connectivity index (χ2n) is 5.22. The molecule has 0 radical (unpaired) electrons. The Morgan fingerprint density at radius 2 is 1.65 bits per heavy atom. The van der Waals surface area contributed by atoms with E-state index in [-0.39, 0.29) is 5.91 Å². The summed E-state index contributed by atoms with van der Waals surface area (Å²) in [4.78, 5) is 17.0. The number of hydrogen-bond acceptors (Lipinski definition) is 7. The van der Waals surface area contributed by atoms with E-state index in [9.17, 15) is 4.79 Å². The van der Waals surface area contributed by atoms with Gasteiger partial charge in [-0.3, -0.25) is 10.1 Å². The van der Waals surface area contributed by atoms with Gasteiger partial charge < -0.3 is 18.9 Å². The van der Waals surface area contributed by atoms with E-state index in [1.165, 1.54) is 32.7 Å². The molecule has 1 amide bonds. The van der Waals surface area contributed by atoms with Crippen molar-refractivity contribution in [1.82, 2.24) is 4.98 Å². The summed E-state index contributed by atoms with van der Waals surface area (Å²) in [7, 11) is 6.12. The Kier molecular flexibility index (Phi) is 5.13. The minimum absolute atomic E-state index is 0.324. The maximum atomic E-state index is 12.6. The number of thiazole rings is 1. The van der Waals surface area contributed by atoms with Gasteiger partial charge in [-0.15, -0.1) is 0 Å². The van der Waals surface area contributed by atoms with Crippen molar-refractivity contribution in [3.63, 3.8) is 0 Å². The van der Waals surface area contributed by atoms with Crippen molar-refractivity contribution in [3.8, 4) is 23.0 Å². The molecule has 0 spiro atoms. The molecule has 0 aliphatic heterocycles. The predicted molar refractivity (Wildman–Crippen MR) is 100 cm³/mol. The summed E-state index contributed by atoms with van der Waals surface area (Å²) < 4.78 is 22.0. The van der Waals surface area contributed by atoms with Gasteiger partial charge in [-0.25, -0.2) is 4.98 Å². The van der Waals surface area contributed by atoms with Crippen LogP contribution in [0, 0.1) is 0 Å². The second-order valence-corrected chi connectivity index (χ2v) is 6.25. The Balaban J connectivity index is 1.90. The molecule has 0 saturated carbocycles. The molecule has 0 bridgehead atoms. The average Bonchev–Trinajstić information content (AvgIpc) is 3.07. The van der Waals surface area contributed by atoms with Crippen LogP contribution in [-0.2, 0) is 0 Å². The molecule has 26 heavy (non-hydrogen) atoms. The molecule has 3 rings (SSSR count).